The zero-order valence-electron chi connectivity index (χ0n) is 6.50. The van der Waals surface area contributed by atoms with Gasteiger partial charge in [0, 0.05) is 12.6 Å². The van der Waals surface area contributed by atoms with E-state index in [1.165, 1.54) is 0 Å². The first-order valence-electron chi connectivity index (χ1n) is 3.48. The Bertz CT molecular complexity index is 162. The molecule has 4 nitrogen and oxygen atoms in total. The van der Waals surface area contributed by atoms with Gasteiger partial charge in [-0.05, 0) is 13.3 Å². The fourth-order valence-corrected chi connectivity index (χ4v) is 0.663. The lowest BCUT2D eigenvalue weighted by Crippen LogP contribution is -2.32. The third-order valence-electron chi connectivity index (χ3n) is 1.21. The molecule has 0 saturated heterocycles. The third kappa shape index (κ3) is 5.37. The molecule has 0 rings (SSSR count). The van der Waals surface area contributed by atoms with Gasteiger partial charge < -0.3 is 10.4 Å². The lowest BCUT2D eigenvalue weighted by Gasteiger charge is -2.09. The maximum absolute atomic E-state index is 10.7. The maximum atomic E-state index is 10.7. The number of carbonyl (C=O) groups is 1. The molecule has 2 N–H and O–H groups in total. The van der Waals surface area contributed by atoms with E-state index in [1.54, 1.807) is 13.0 Å². The SMILES string of the molecule is CC(CCO)NC(=O)CC#N. The second-order valence-corrected chi connectivity index (χ2v) is 2.32. The van der Waals surface area contributed by atoms with Gasteiger partial charge in [0.1, 0.15) is 6.42 Å². The summed E-state index contributed by atoms with van der Waals surface area (Å²) in [6.45, 7) is 1.83. The predicted molar refractivity (Wildman–Crippen MR) is 39.5 cm³/mol. The van der Waals surface area contributed by atoms with Gasteiger partial charge >= 0.3 is 0 Å². The molecule has 0 aliphatic rings. The Morgan fingerprint density at radius 1 is 1.82 bits per heavy atom. The van der Waals surface area contributed by atoms with Gasteiger partial charge in [0.25, 0.3) is 0 Å². The van der Waals surface area contributed by atoms with E-state index in [0.717, 1.165) is 0 Å². The molecule has 0 spiro atoms. The van der Waals surface area contributed by atoms with E-state index in [1.807, 2.05) is 0 Å². The first-order valence-corrected chi connectivity index (χ1v) is 3.48. The summed E-state index contributed by atoms with van der Waals surface area (Å²) in [6, 6.07) is 1.69. The number of aliphatic hydroxyl groups is 1. The molecule has 0 fully saturated rings. The largest absolute Gasteiger partial charge is 0.396 e. The van der Waals surface area contributed by atoms with Gasteiger partial charge in [0.2, 0.25) is 5.91 Å². The fraction of sp³-hybridized carbons (Fsp3) is 0.714. The highest BCUT2D eigenvalue weighted by Crippen LogP contribution is 1.89. The minimum absolute atomic E-state index is 0.0496. The van der Waals surface area contributed by atoms with Gasteiger partial charge in [-0.2, -0.15) is 5.26 Å². The van der Waals surface area contributed by atoms with E-state index in [4.69, 9.17) is 10.4 Å². The van der Waals surface area contributed by atoms with Gasteiger partial charge in [0.15, 0.2) is 0 Å². The maximum Gasteiger partial charge on any atom is 0.234 e. The fourth-order valence-electron chi connectivity index (χ4n) is 0.663. The summed E-state index contributed by atoms with van der Waals surface area (Å²) in [5.41, 5.74) is 0. The van der Waals surface area contributed by atoms with Gasteiger partial charge in [-0.25, -0.2) is 0 Å². The van der Waals surface area contributed by atoms with Gasteiger partial charge in [-0.1, -0.05) is 0 Å². The molecule has 0 heterocycles. The summed E-state index contributed by atoms with van der Waals surface area (Å²) in [6.07, 6.45) is 0.410. The van der Waals surface area contributed by atoms with Crippen LogP contribution in [0.1, 0.15) is 19.8 Å². The Hall–Kier alpha value is -1.08. The molecular weight excluding hydrogens is 144 g/mol. The Labute approximate surface area is 65.8 Å². The third-order valence-corrected chi connectivity index (χ3v) is 1.21. The summed E-state index contributed by atoms with van der Waals surface area (Å²) >= 11 is 0. The summed E-state index contributed by atoms with van der Waals surface area (Å²) in [4.78, 5) is 10.7. The molecule has 11 heavy (non-hydrogen) atoms. The van der Waals surface area contributed by atoms with Crippen molar-refractivity contribution < 1.29 is 9.90 Å². The van der Waals surface area contributed by atoms with Crippen LogP contribution in [0.2, 0.25) is 0 Å². The molecule has 0 aromatic carbocycles. The van der Waals surface area contributed by atoms with Crippen LogP contribution < -0.4 is 5.32 Å². The first kappa shape index (κ1) is 9.92. The van der Waals surface area contributed by atoms with Crippen molar-refractivity contribution in [3.63, 3.8) is 0 Å². The van der Waals surface area contributed by atoms with E-state index in [9.17, 15) is 4.79 Å². The standard InChI is InChI=1S/C7H12N2O2/c1-6(3-5-10)9-7(11)2-4-8/h6,10H,2-3,5H2,1H3,(H,9,11). The van der Waals surface area contributed by atoms with Crippen LogP contribution in [-0.2, 0) is 4.79 Å². The number of nitrogens with one attached hydrogen (secondary N) is 1. The number of nitriles is 1. The van der Waals surface area contributed by atoms with Crippen LogP contribution in [0.3, 0.4) is 0 Å². The van der Waals surface area contributed by atoms with Crippen molar-refractivity contribution in [1.29, 1.82) is 5.26 Å². The molecule has 62 valence electrons. The van der Waals surface area contributed by atoms with Crippen LogP contribution in [0, 0.1) is 11.3 Å². The normalized spacial score (nSPS) is 11.7. The number of hydrogen-bond donors (Lipinski definition) is 2. The highest BCUT2D eigenvalue weighted by molar-refractivity contribution is 5.78. The van der Waals surface area contributed by atoms with Crippen molar-refractivity contribution in [3.05, 3.63) is 0 Å². The monoisotopic (exact) mass is 156 g/mol. The highest BCUT2D eigenvalue weighted by atomic mass is 16.3. The molecule has 0 radical (unpaired) electrons. The zero-order chi connectivity index (χ0) is 8.69. The van der Waals surface area contributed by atoms with Gasteiger partial charge in [0.05, 0.1) is 6.07 Å². The number of aliphatic hydroxyl groups excluding tert-OH is 1. The summed E-state index contributed by atoms with van der Waals surface area (Å²) < 4.78 is 0. The smallest absolute Gasteiger partial charge is 0.234 e. The second-order valence-electron chi connectivity index (χ2n) is 2.32. The molecule has 1 atom stereocenters. The van der Waals surface area contributed by atoms with E-state index in [2.05, 4.69) is 5.32 Å². The molecule has 0 saturated carbocycles. The molecular formula is C7H12N2O2. The molecule has 0 aliphatic carbocycles. The van der Waals surface area contributed by atoms with Crippen molar-refractivity contribution in [2.75, 3.05) is 6.61 Å². The van der Waals surface area contributed by atoms with Crippen LogP contribution in [0.25, 0.3) is 0 Å². The summed E-state index contributed by atoms with van der Waals surface area (Å²) in [5.74, 6) is -0.284. The molecule has 1 amide bonds. The van der Waals surface area contributed by atoms with E-state index >= 15 is 0 Å². The molecule has 0 aliphatic heterocycles. The number of amides is 1. The van der Waals surface area contributed by atoms with Crippen LogP contribution in [-0.4, -0.2) is 23.7 Å². The topological polar surface area (TPSA) is 73.1 Å². The van der Waals surface area contributed by atoms with Crippen molar-refractivity contribution >= 4 is 5.91 Å². The molecule has 0 aromatic rings. The molecule has 0 bridgehead atoms. The lowest BCUT2D eigenvalue weighted by molar-refractivity contribution is -0.120. The average Bonchev–Trinajstić information content (AvgIpc) is 1.87. The second kappa shape index (κ2) is 5.69. The van der Waals surface area contributed by atoms with E-state index in [-0.39, 0.29) is 25.0 Å². The molecule has 4 heteroatoms. The van der Waals surface area contributed by atoms with Crippen molar-refractivity contribution in [2.45, 2.75) is 25.8 Å². The highest BCUT2D eigenvalue weighted by Gasteiger charge is 2.04. The van der Waals surface area contributed by atoms with Crippen LogP contribution >= 0.6 is 0 Å². The number of carbonyl (C=O) groups excluding carboxylic acids is 1. The number of rotatable bonds is 4. The first-order chi connectivity index (χ1) is 5.20. The summed E-state index contributed by atoms with van der Waals surface area (Å²) in [5, 5.41) is 19.1. The quantitative estimate of drug-likeness (QED) is 0.591. The molecule has 0 aromatic heterocycles. The van der Waals surface area contributed by atoms with Crippen LogP contribution in [0.5, 0.6) is 0 Å². The molecule has 1 unspecified atom stereocenters. The Kier molecular flexibility index (Phi) is 5.13. The zero-order valence-corrected chi connectivity index (χ0v) is 6.50. The van der Waals surface area contributed by atoms with Gasteiger partial charge in [-0.15, -0.1) is 0 Å². The van der Waals surface area contributed by atoms with E-state index in [0.29, 0.717) is 6.42 Å². The van der Waals surface area contributed by atoms with E-state index < -0.39 is 0 Å². The summed E-state index contributed by atoms with van der Waals surface area (Å²) in [7, 11) is 0. The minimum atomic E-state index is -0.284. The number of nitrogens with zero attached hydrogens (tertiary/aromatic N) is 1. The van der Waals surface area contributed by atoms with Crippen molar-refractivity contribution in [3.8, 4) is 6.07 Å². The minimum Gasteiger partial charge on any atom is -0.396 e. The average molecular weight is 156 g/mol. The Morgan fingerprint density at radius 3 is 2.91 bits per heavy atom. The Morgan fingerprint density at radius 2 is 2.45 bits per heavy atom. The lowest BCUT2D eigenvalue weighted by atomic mass is 10.2. The Balaban J connectivity index is 3.50. The van der Waals surface area contributed by atoms with Crippen LogP contribution in [0.4, 0.5) is 0 Å². The van der Waals surface area contributed by atoms with Crippen molar-refractivity contribution in [2.24, 2.45) is 0 Å². The predicted octanol–water partition coefficient (Wildman–Crippen LogP) is -0.213. The van der Waals surface area contributed by atoms with Crippen molar-refractivity contribution in [1.82, 2.24) is 5.32 Å². The van der Waals surface area contributed by atoms with Crippen LogP contribution in [0.15, 0.2) is 0 Å². The van der Waals surface area contributed by atoms with Gasteiger partial charge in [-0.3, -0.25) is 4.79 Å². The number of hydrogen-bond acceptors (Lipinski definition) is 3.